The first-order valence-corrected chi connectivity index (χ1v) is 8.56. The minimum Gasteiger partial charge on any atom is -0.497 e. The molecule has 0 spiro atoms. The number of esters is 1. The number of halogens is 1. The lowest BCUT2D eigenvalue weighted by Crippen LogP contribution is -2.15. The van der Waals surface area contributed by atoms with Crippen molar-refractivity contribution in [3.05, 3.63) is 53.1 Å². The zero-order valence-corrected chi connectivity index (χ0v) is 15.3. The quantitative estimate of drug-likeness (QED) is 0.590. The fourth-order valence-electron chi connectivity index (χ4n) is 2.58. The summed E-state index contributed by atoms with van der Waals surface area (Å²) in [4.78, 5) is 11.6. The molecule has 0 aliphatic carbocycles. The summed E-state index contributed by atoms with van der Waals surface area (Å²) in [7, 11) is 1.60. The Kier molecular flexibility index (Phi) is 5.63. The van der Waals surface area contributed by atoms with Crippen molar-refractivity contribution in [1.29, 1.82) is 0 Å². The van der Waals surface area contributed by atoms with Crippen LogP contribution in [0.1, 0.15) is 12.5 Å². The predicted octanol–water partition coefficient (Wildman–Crippen LogP) is 3.69. The number of rotatable bonds is 7. The molecule has 136 valence electrons. The van der Waals surface area contributed by atoms with E-state index in [9.17, 15) is 4.79 Å². The van der Waals surface area contributed by atoms with Gasteiger partial charge in [-0.05, 0) is 42.8 Å². The molecule has 0 saturated heterocycles. The van der Waals surface area contributed by atoms with Crippen LogP contribution < -0.4 is 9.47 Å². The minimum absolute atomic E-state index is 0.196. The SMILES string of the molecule is CCOC(=O)COc1nn(Cc2ccc(Cl)cc2)c2ccc(OC)cc12. The van der Waals surface area contributed by atoms with Crippen molar-refractivity contribution in [1.82, 2.24) is 9.78 Å². The highest BCUT2D eigenvalue weighted by atomic mass is 35.5. The van der Waals surface area contributed by atoms with Crippen molar-refractivity contribution in [2.24, 2.45) is 0 Å². The molecule has 1 heterocycles. The molecule has 0 N–H and O–H groups in total. The molecule has 7 heteroatoms. The van der Waals surface area contributed by atoms with Crippen LogP contribution in [0.15, 0.2) is 42.5 Å². The van der Waals surface area contributed by atoms with Gasteiger partial charge >= 0.3 is 5.97 Å². The largest absolute Gasteiger partial charge is 0.497 e. The van der Waals surface area contributed by atoms with Gasteiger partial charge in [0, 0.05) is 5.02 Å². The van der Waals surface area contributed by atoms with E-state index in [0.717, 1.165) is 16.5 Å². The monoisotopic (exact) mass is 374 g/mol. The average molecular weight is 375 g/mol. The molecule has 0 amide bonds. The van der Waals surface area contributed by atoms with E-state index in [1.165, 1.54) is 0 Å². The predicted molar refractivity (Wildman–Crippen MR) is 99.0 cm³/mol. The number of methoxy groups -OCH3 is 1. The van der Waals surface area contributed by atoms with Crippen LogP contribution in [0.25, 0.3) is 10.9 Å². The number of carbonyl (C=O) groups excluding carboxylic acids is 1. The van der Waals surface area contributed by atoms with E-state index >= 15 is 0 Å². The maximum atomic E-state index is 11.6. The Hall–Kier alpha value is -2.73. The summed E-state index contributed by atoms with van der Waals surface area (Å²) in [5, 5.41) is 5.96. The van der Waals surface area contributed by atoms with Gasteiger partial charge in [0.25, 0.3) is 0 Å². The van der Waals surface area contributed by atoms with Crippen molar-refractivity contribution in [2.75, 3.05) is 20.3 Å². The summed E-state index contributed by atoms with van der Waals surface area (Å²) >= 11 is 5.94. The van der Waals surface area contributed by atoms with E-state index in [4.69, 9.17) is 25.8 Å². The number of fused-ring (bicyclic) bond motifs is 1. The lowest BCUT2D eigenvalue weighted by molar-refractivity contribution is -0.145. The number of aromatic nitrogens is 2. The third-order valence-electron chi connectivity index (χ3n) is 3.80. The molecule has 0 unspecified atom stereocenters. The maximum Gasteiger partial charge on any atom is 0.344 e. The van der Waals surface area contributed by atoms with Gasteiger partial charge in [-0.25, -0.2) is 4.79 Å². The van der Waals surface area contributed by atoms with Gasteiger partial charge in [0.2, 0.25) is 5.88 Å². The molecule has 26 heavy (non-hydrogen) atoms. The second-order valence-corrected chi connectivity index (χ2v) is 6.00. The number of nitrogens with zero attached hydrogens (tertiary/aromatic N) is 2. The first-order valence-electron chi connectivity index (χ1n) is 8.18. The number of ether oxygens (including phenoxy) is 3. The zero-order chi connectivity index (χ0) is 18.5. The van der Waals surface area contributed by atoms with E-state index in [2.05, 4.69) is 5.10 Å². The first kappa shape index (κ1) is 18.1. The fraction of sp³-hybridized carbons (Fsp3) is 0.263. The highest BCUT2D eigenvalue weighted by Crippen LogP contribution is 2.29. The molecule has 3 rings (SSSR count). The lowest BCUT2D eigenvalue weighted by atomic mass is 10.2. The Morgan fingerprint density at radius 2 is 1.96 bits per heavy atom. The van der Waals surface area contributed by atoms with E-state index in [1.807, 2.05) is 47.1 Å². The Labute approximate surface area is 156 Å². The van der Waals surface area contributed by atoms with Crippen molar-refractivity contribution in [2.45, 2.75) is 13.5 Å². The van der Waals surface area contributed by atoms with Crippen LogP contribution >= 0.6 is 11.6 Å². The van der Waals surface area contributed by atoms with E-state index in [1.54, 1.807) is 14.0 Å². The highest BCUT2D eigenvalue weighted by Gasteiger charge is 2.15. The van der Waals surface area contributed by atoms with Gasteiger partial charge in [0.05, 0.1) is 31.2 Å². The maximum absolute atomic E-state index is 11.6. The Bertz CT molecular complexity index is 906. The molecule has 0 atom stereocenters. The zero-order valence-electron chi connectivity index (χ0n) is 14.6. The molecule has 0 aliphatic rings. The second-order valence-electron chi connectivity index (χ2n) is 5.57. The minimum atomic E-state index is -0.434. The Morgan fingerprint density at radius 3 is 2.65 bits per heavy atom. The molecule has 0 fully saturated rings. The van der Waals surface area contributed by atoms with Gasteiger partial charge in [-0.1, -0.05) is 23.7 Å². The van der Waals surface area contributed by atoms with Gasteiger partial charge in [0.15, 0.2) is 6.61 Å². The molecule has 0 radical (unpaired) electrons. The van der Waals surface area contributed by atoms with E-state index in [-0.39, 0.29) is 6.61 Å². The molecule has 6 nitrogen and oxygen atoms in total. The van der Waals surface area contributed by atoms with Crippen LogP contribution in [-0.2, 0) is 16.1 Å². The molecule has 0 aliphatic heterocycles. The summed E-state index contributed by atoms with van der Waals surface area (Å²) in [6.07, 6.45) is 0. The Morgan fingerprint density at radius 1 is 1.19 bits per heavy atom. The molecular formula is C19H19ClN2O4. The molecule has 0 bridgehead atoms. The molecule has 1 aromatic heterocycles. The number of carbonyl (C=O) groups is 1. The summed E-state index contributed by atoms with van der Waals surface area (Å²) in [5.41, 5.74) is 1.92. The summed E-state index contributed by atoms with van der Waals surface area (Å²) < 4.78 is 17.6. The van der Waals surface area contributed by atoms with Gasteiger partial charge in [0.1, 0.15) is 5.75 Å². The highest BCUT2D eigenvalue weighted by molar-refractivity contribution is 6.30. The van der Waals surface area contributed by atoms with Crippen LogP contribution in [0, 0.1) is 0 Å². The average Bonchev–Trinajstić information content (AvgIpc) is 2.99. The number of benzene rings is 2. The van der Waals surface area contributed by atoms with E-state index < -0.39 is 5.97 Å². The van der Waals surface area contributed by atoms with E-state index in [0.29, 0.717) is 29.8 Å². The van der Waals surface area contributed by atoms with Crippen molar-refractivity contribution < 1.29 is 19.0 Å². The third-order valence-corrected chi connectivity index (χ3v) is 4.05. The van der Waals surface area contributed by atoms with Gasteiger partial charge < -0.3 is 14.2 Å². The standard InChI is InChI=1S/C19H19ClN2O4/c1-3-25-18(23)12-26-19-16-10-15(24-2)8-9-17(16)22(21-19)11-13-4-6-14(20)7-5-13/h4-10H,3,11-12H2,1-2H3. The molecular weight excluding hydrogens is 356 g/mol. The van der Waals surface area contributed by atoms with Crippen molar-refractivity contribution >= 4 is 28.5 Å². The van der Waals surface area contributed by atoms with Gasteiger partial charge in [-0.2, -0.15) is 0 Å². The van der Waals surface area contributed by atoms with Crippen LogP contribution in [-0.4, -0.2) is 36.1 Å². The second kappa shape index (κ2) is 8.10. The van der Waals surface area contributed by atoms with Crippen LogP contribution in [0.3, 0.4) is 0 Å². The third kappa shape index (κ3) is 4.08. The summed E-state index contributed by atoms with van der Waals surface area (Å²) in [6.45, 7) is 2.40. The topological polar surface area (TPSA) is 62.6 Å². The van der Waals surface area contributed by atoms with Crippen LogP contribution in [0.5, 0.6) is 11.6 Å². The number of hydrogen-bond acceptors (Lipinski definition) is 5. The van der Waals surface area contributed by atoms with Gasteiger partial charge in [-0.15, -0.1) is 5.10 Å². The smallest absolute Gasteiger partial charge is 0.344 e. The first-order chi connectivity index (χ1) is 12.6. The summed E-state index contributed by atoms with van der Waals surface area (Å²) in [6, 6.07) is 13.2. The molecule has 3 aromatic rings. The van der Waals surface area contributed by atoms with Gasteiger partial charge in [-0.3, -0.25) is 4.68 Å². The number of hydrogen-bond donors (Lipinski definition) is 0. The summed E-state index contributed by atoms with van der Waals surface area (Å²) in [5.74, 6) is 0.612. The van der Waals surface area contributed by atoms with Crippen molar-refractivity contribution in [3.8, 4) is 11.6 Å². The lowest BCUT2D eigenvalue weighted by Gasteiger charge is -2.04. The fourth-order valence-corrected chi connectivity index (χ4v) is 2.70. The van der Waals surface area contributed by atoms with Crippen LogP contribution in [0.4, 0.5) is 0 Å². The Balaban J connectivity index is 1.92. The van der Waals surface area contributed by atoms with Crippen molar-refractivity contribution in [3.63, 3.8) is 0 Å². The van der Waals surface area contributed by atoms with Crippen LogP contribution in [0.2, 0.25) is 5.02 Å². The normalized spacial score (nSPS) is 10.7. The molecule has 2 aromatic carbocycles. The molecule has 0 saturated carbocycles.